The Kier molecular flexibility index (Phi) is 1.80. The number of aromatic nitrogens is 1. The Morgan fingerprint density at radius 3 is 2.70 bits per heavy atom. The van der Waals surface area contributed by atoms with Crippen LogP contribution in [0.4, 0.5) is 0 Å². The van der Waals surface area contributed by atoms with E-state index >= 15 is 0 Å². The zero-order valence-electron chi connectivity index (χ0n) is 5.37. The van der Waals surface area contributed by atoms with Crippen LogP contribution < -0.4 is 0 Å². The molecule has 1 aromatic heterocycles. The van der Waals surface area contributed by atoms with E-state index in [-0.39, 0.29) is 5.75 Å². The van der Waals surface area contributed by atoms with Crippen LogP contribution in [-0.4, -0.2) is 13.4 Å². The third kappa shape index (κ3) is 2.23. The molecule has 55 valence electrons. The van der Waals surface area contributed by atoms with E-state index in [1.807, 2.05) is 0 Å². The van der Waals surface area contributed by atoms with Gasteiger partial charge in [0.15, 0.2) is 9.84 Å². The van der Waals surface area contributed by atoms with Gasteiger partial charge in [0.1, 0.15) is 0 Å². The van der Waals surface area contributed by atoms with Crippen LogP contribution in [0.5, 0.6) is 0 Å². The van der Waals surface area contributed by atoms with Crippen molar-refractivity contribution < 1.29 is 8.42 Å². The summed E-state index contributed by atoms with van der Waals surface area (Å²) in [5.74, 6) is -0.0139. The summed E-state index contributed by atoms with van der Waals surface area (Å²) in [7, 11) is -3.13. The van der Waals surface area contributed by atoms with Gasteiger partial charge in [0, 0.05) is 11.9 Å². The average molecular weight is 158 g/mol. The molecule has 0 saturated heterocycles. The second-order valence-corrected chi connectivity index (χ2v) is 3.86. The molecule has 4 heteroatoms. The van der Waals surface area contributed by atoms with Crippen LogP contribution in [0.3, 0.4) is 0 Å². The molecule has 10 heavy (non-hydrogen) atoms. The van der Waals surface area contributed by atoms with Gasteiger partial charge in [-0.15, -0.1) is 0 Å². The van der Waals surface area contributed by atoms with Gasteiger partial charge in [0.25, 0.3) is 0 Å². The summed E-state index contributed by atoms with van der Waals surface area (Å²) in [6.45, 7) is 0. The fourth-order valence-electron chi connectivity index (χ4n) is 0.694. The molecule has 0 saturated carbocycles. The summed E-state index contributed by atoms with van der Waals surface area (Å²) in [5.41, 5.74) is 0.676. The molecule has 0 aliphatic carbocycles. The Labute approximate surface area is 60.0 Å². The highest BCUT2D eigenvalue weighted by Gasteiger charge is 2.03. The normalized spacial score (nSPS) is 11.7. The smallest absolute Gasteiger partial charge is 0.156 e. The molecule has 0 aliphatic heterocycles. The van der Waals surface area contributed by atoms with Gasteiger partial charge in [-0.05, 0) is 12.1 Å². The van der Waals surface area contributed by atoms with E-state index in [2.05, 4.69) is 11.2 Å². The molecule has 0 aromatic carbocycles. The molecule has 0 amide bonds. The summed E-state index contributed by atoms with van der Waals surface area (Å²) in [5, 5.41) is 0. The van der Waals surface area contributed by atoms with Gasteiger partial charge in [-0.3, -0.25) is 0 Å². The Morgan fingerprint density at radius 1 is 1.60 bits per heavy atom. The monoisotopic (exact) mass is 158 g/mol. The summed E-state index contributed by atoms with van der Waals surface area (Å²) in [6.07, 6.45) is 4.68. The fourth-order valence-corrected chi connectivity index (χ4v) is 1.35. The van der Waals surface area contributed by atoms with E-state index in [0.29, 0.717) is 5.69 Å². The molecule has 0 fully saturated rings. The first-order valence-corrected chi connectivity index (χ1v) is 4.58. The maximum atomic E-state index is 10.6. The lowest BCUT2D eigenvalue weighted by atomic mass is 10.5. The van der Waals surface area contributed by atoms with Crippen LogP contribution >= 0.6 is 0 Å². The van der Waals surface area contributed by atoms with Gasteiger partial charge in [-0.25, -0.2) is 8.42 Å². The lowest BCUT2D eigenvalue weighted by Crippen LogP contribution is -1.97. The highest BCUT2D eigenvalue weighted by molar-refractivity contribution is 7.91. The molecule has 1 radical (unpaired) electrons. The standard InChI is InChI=1S/C6H8NO2S/c1-10(8,9)5-6-3-2-4-7-6/h2-4,7H,1,5H2. The predicted molar refractivity (Wildman–Crippen MR) is 38.8 cm³/mol. The minimum absolute atomic E-state index is 0.0139. The molecule has 0 bridgehead atoms. The van der Waals surface area contributed by atoms with Crippen LogP contribution in [0, 0.1) is 6.26 Å². The first kappa shape index (κ1) is 7.34. The minimum atomic E-state index is -3.13. The topological polar surface area (TPSA) is 49.9 Å². The summed E-state index contributed by atoms with van der Waals surface area (Å²) < 4.78 is 21.1. The van der Waals surface area contributed by atoms with Crippen LogP contribution in [0.15, 0.2) is 18.3 Å². The van der Waals surface area contributed by atoms with Crippen LogP contribution in [0.1, 0.15) is 5.69 Å². The van der Waals surface area contributed by atoms with Crippen LogP contribution in [-0.2, 0) is 15.6 Å². The molecule has 0 atom stereocenters. The largest absolute Gasteiger partial charge is 0.364 e. The van der Waals surface area contributed by atoms with E-state index in [9.17, 15) is 8.42 Å². The molecule has 1 rings (SSSR count). The number of nitrogens with one attached hydrogen (secondary N) is 1. The molecule has 3 nitrogen and oxygen atoms in total. The van der Waals surface area contributed by atoms with Gasteiger partial charge in [-0.2, -0.15) is 0 Å². The number of hydrogen-bond acceptors (Lipinski definition) is 2. The average Bonchev–Trinajstić information content (AvgIpc) is 2.12. The van der Waals surface area contributed by atoms with Gasteiger partial charge in [0.05, 0.1) is 12.0 Å². The van der Waals surface area contributed by atoms with Crippen molar-refractivity contribution >= 4 is 9.84 Å². The number of rotatable bonds is 2. The van der Waals surface area contributed by atoms with Gasteiger partial charge >= 0.3 is 0 Å². The minimum Gasteiger partial charge on any atom is -0.364 e. The molecule has 0 spiro atoms. The van der Waals surface area contributed by atoms with Crippen molar-refractivity contribution in [2.24, 2.45) is 0 Å². The van der Waals surface area contributed by atoms with Crippen molar-refractivity contribution in [1.29, 1.82) is 0 Å². The molecule has 0 unspecified atom stereocenters. The highest BCUT2D eigenvalue weighted by Crippen LogP contribution is 2.00. The fraction of sp³-hybridized carbons (Fsp3) is 0.167. The third-order valence-corrected chi connectivity index (χ3v) is 1.79. The molecule has 1 heterocycles. The number of H-pyrrole nitrogens is 1. The Morgan fingerprint density at radius 2 is 2.30 bits per heavy atom. The Hall–Kier alpha value is -0.770. The molecule has 1 aromatic rings. The van der Waals surface area contributed by atoms with Crippen molar-refractivity contribution in [3.8, 4) is 0 Å². The van der Waals surface area contributed by atoms with Gasteiger partial charge in [-0.1, -0.05) is 0 Å². The number of sulfone groups is 1. The van der Waals surface area contributed by atoms with Crippen molar-refractivity contribution in [3.05, 3.63) is 30.3 Å². The van der Waals surface area contributed by atoms with Crippen molar-refractivity contribution in [1.82, 2.24) is 4.98 Å². The van der Waals surface area contributed by atoms with E-state index in [1.165, 1.54) is 0 Å². The quantitative estimate of drug-likeness (QED) is 0.689. The van der Waals surface area contributed by atoms with Crippen molar-refractivity contribution in [3.63, 3.8) is 0 Å². The third-order valence-electron chi connectivity index (χ3n) is 1.04. The Bertz CT molecular complexity index is 286. The lowest BCUT2D eigenvalue weighted by Gasteiger charge is -1.91. The summed E-state index contributed by atoms with van der Waals surface area (Å²) >= 11 is 0. The SMILES string of the molecule is [CH2]S(=O)(=O)Cc1ccc[nH]1. The van der Waals surface area contributed by atoms with Gasteiger partial charge < -0.3 is 4.98 Å². The molecular formula is C6H8NO2S. The van der Waals surface area contributed by atoms with E-state index in [4.69, 9.17) is 0 Å². The molecule has 0 aliphatic rings. The second-order valence-electron chi connectivity index (χ2n) is 2.08. The van der Waals surface area contributed by atoms with Crippen LogP contribution in [0.2, 0.25) is 0 Å². The number of aromatic amines is 1. The first-order valence-electron chi connectivity index (χ1n) is 2.76. The van der Waals surface area contributed by atoms with E-state index < -0.39 is 9.84 Å². The maximum Gasteiger partial charge on any atom is 0.156 e. The zero-order chi connectivity index (χ0) is 7.61. The van der Waals surface area contributed by atoms with Crippen molar-refractivity contribution in [2.45, 2.75) is 5.75 Å². The molecular weight excluding hydrogens is 150 g/mol. The predicted octanol–water partition coefficient (Wildman–Crippen LogP) is 0.721. The first-order chi connectivity index (χ1) is 4.58. The summed E-state index contributed by atoms with van der Waals surface area (Å²) in [6, 6.07) is 3.46. The number of hydrogen-bond donors (Lipinski definition) is 1. The second kappa shape index (κ2) is 2.46. The van der Waals surface area contributed by atoms with E-state index in [0.717, 1.165) is 0 Å². The van der Waals surface area contributed by atoms with Crippen molar-refractivity contribution in [2.75, 3.05) is 0 Å². The van der Waals surface area contributed by atoms with Crippen LogP contribution in [0.25, 0.3) is 0 Å². The van der Waals surface area contributed by atoms with E-state index in [1.54, 1.807) is 18.3 Å². The lowest BCUT2D eigenvalue weighted by molar-refractivity contribution is 0.603. The van der Waals surface area contributed by atoms with Gasteiger partial charge in [0.2, 0.25) is 0 Å². The Balaban J connectivity index is 2.75. The highest BCUT2D eigenvalue weighted by atomic mass is 32.2. The summed E-state index contributed by atoms with van der Waals surface area (Å²) in [4.78, 5) is 2.77. The zero-order valence-corrected chi connectivity index (χ0v) is 6.19. The molecule has 1 N–H and O–H groups in total. The maximum absolute atomic E-state index is 10.6.